The maximum absolute atomic E-state index is 12.3. The van der Waals surface area contributed by atoms with Crippen LogP contribution in [0, 0.1) is 0 Å². The number of carbonyl (C=O) groups is 1. The van der Waals surface area contributed by atoms with E-state index in [9.17, 15) is 4.79 Å². The van der Waals surface area contributed by atoms with E-state index < -0.39 is 5.60 Å². The molecule has 2 aliphatic heterocycles. The minimum atomic E-state index is -0.410. The lowest BCUT2D eigenvalue weighted by molar-refractivity contribution is 0.00969. The summed E-state index contributed by atoms with van der Waals surface area (Å²) in [4.78, 5) is 14.3. The van der Waals surface area contributed by atoms with Crippen LogP contribution in [0.3, 0.4) is 0 Å². The Morgan fingerprint density at radius 2 is 2.10 bits per heavy atom. The summed E-state index contributed by atoms with van der Waals surface area (Å²) < 4.78 is 5.55. The first kappa shape index (κ1) is 16.9. The van der Waals surface area contributed by atoms with Gasteiger partial charge in [0.25, 0.3) is 0 Å². The summed E-state index contributed by atoms with van der Waals surface area (Å²) in [5, 5.41) is 3.67. The third kappa shape index (κ3) is 5.70. The van der Waals surface area contributed by atoms with Gasteiger partial charge in [0.2, 0.25) is 0 Å². The highest BCUT2D eigenvalue weighted by Crippen LogP contribution is 2.21. The number of hydrogen-bond acceptors (Lipinski definition) is 4. The molecule has 0 aromatic rings. The number of nitrogens with one attached hydrogen (secondary N) is 1. The molecule has 122 valence electrons. The number of carbonyl (C=O) groups excluding carboxylic acids is 1. The maximum Gasteiger partial charge on any atom is 0.410 e. The van der Waals surface area contributed by atoms with Crippen molar-refractivity contribution < 1.29 is 9.53 Å². The lowest BCUT2D eigenvalue weighted by atomic mass is 10.0. The molecule has 2 fully saturated rings. The molecule has 4 nitrogen and oxygen atoms in total. The molecule has 0 aliphatic carbocycles. The van der Waals surface area contributed by atoms with Gasteiger partial charge in [-0.1, -0.05) is 0 Å². The van der Waals surface area contributed by atoms with Crippen molar-refractivity contribution in [3.05, 3.63) is 0 Å². The molecule has 2 heterocycles. The summed E-state index contributed by atoms with van der Waals surface area (Å²) >= 11 is 2.04. The SMILES string of the molecule is CC(C)(C)OC(=O)N1CCCCC1CNC1CCCSC1. The van der Waals surface area contributed by atoms with Gasteiger partial charge in [0, 0.05) is 30.9 Å². The molecule has 2 saturated heterocycles. The Kier molecular flexibility index (Phi) is 6.23. The number of nitrogens with zero attached hydrogens (tertiary/aromatic N) is 1. The van der Waals surface area contributed by atoms with Crippen LogP contribution in [0.2, 0.25) is 0 Å². The van der Waals surface area contributed by atoms with Gasteiger partial charge in [-0.2, -0.15) is 11.8 Å². The Hall–Kier alpha value is -0.420. The van der Waals surface area contributed by atoms with Gasteiger partial charge in [-0.15, -0.1) is 0 Å². The first-order valence-corrected chi connectivity index (χ1v) is 9.42. The lowest BCUT2D eigenvalue weighted by Crippen LogP contribution is -2.51. The molecule has 0 bridgehead atoms. The molecular weight excluding hydrogens is 284 g/mol. The van der Waals surface area contributed by atoms with Crippen molar-refractivity contribution in [2.24, 2.45) is 0 Å². The van der Waals surface area contributed by atoms with E-state index in [4.69, 9.17) is 4.74 Å². The summed E-state index contributed by atoms with van der Waals surface area (Å²) in [5.74, 6) is 2.50. The molecular formula is C16H30N2O2S. The second-order valence-electron chi connectivity index (χ2n) is 7.15. The normalized spacial score (nSPS) is 27.5. The van der Waals surface area contributed by atoms with E-state index in [-0.39, 0.29) is 6.09 Å². The fourth-order valence-electron chi connectivity index (χ4n) is 2.98. The van der Waals surface area contributed by atoms with Crippen LogP contribution >= 0.6 is 11.8 Å². The van der Waals surface area contributed by atoms with Gasteiger partial charge < -0.3 is 15.0 Å². The summed E-state index contributed by atoms with van der Waals surface area (Å²) in [5.41, 5.74) is -0.410. The molecule has 0 saturated carbocycles. The largest absolute Gasteiger partial charge is 0.444 e. The highest BCUT2D eigenvalue weighted by atomic mass is 32.2. The van der Waals surface area contributed by atoms with Crippen molar-refractivity contribution in [1.29, 1.82) is 0 Å². The van der Waals surface area contributed by atoms with Crippen LogP contribution in [0.4, 0.5) is 4.79 Å². The zero-order valence-electron chi connectivity index (χ0n) is 13.7. The average molecular weight is 314 g/mol. The number of thioether (sulfide) groups is 1. The topological polar surface area (TPSA) is 41.6 Å². The predicted molar refractivity (Wildman–Crippen MR) is 88.9 cm³/mol. The predicted octanol–water partition coefficient (Wildman–Crippen LogP) is 3.26. The van der Waals surface area contributed by atoms with Crippen LogP contribution in [0.25, 0.3) is 0 Å². The van der Waals surface area contributed by atoms with Gasteiger partial charge >= 0.3 is 6.09 Å². The van der Waals surface area contributed by atoms with Crippen molar-refractivity contribution in [2.45, 2.75) is 70.6 Å². The molecule has 5 heteroatoms. The quantitative estimate of drug-likeness (QED) is 0.868. The Morgan fingerprint density at radius 3 is 2.76 bits per heavy atom. The van der Waals surface area contributed by atoms with Crippen LogP contribution in [0.5, 0.6) is 0 Å². The third-order valence-corrected chi connectivity index (χ3v) is 5.27. The summed E-state index contributed by atoms with van der Waals surface area (Å²) in [6.07, 6.45) is 5.83. The first-order valence-electron chi connectivity index (χ1n) is 8.26. The zero-order valence-corrected chi connectivity index (χ0v) is 14.5. The molecule has 2 atom stereocenters. The summed E-state index contributed by atoms with van der Waals surface area (Å²) in [6, 6.07) is 0.909. The summed E-state index contributed by atoms with van der Waals surface area (Å²) in [7, 11) is 0. The number of hydrogen-bond donors (Lipinski definition) is 1. The molecule has 2 unspecified atom stereocenters. The molecule has 2 aliphatic rings. The van der Waals surface area contributed by atoms with E-state index in [2.05, 4.69) is 5.32 Å². The molecule has 1 amide bonds. The minimum absolute atomic E-state index is 0.146. The third-order valence-electron chi connectivity index (χ3n) is 4.06. The molecule has 21 heavy (non-hydrogen) atoms. The van der Waals surface area contributed by atoms with E-state index >= 15 is 0 Å². The Bertz CT molecular complexity index is 338. The van der Waals surface area contributed by atoms with E-state index in [0.29, 0.717) is 12.1 Å². The van der Waals surface area contributed by atoms with Gasteiger partial charge in [-0.25, -0.2) is 4.79 Å². The fourth-order valence-corrected chi connectivity index (χ4v) is 4.08. The van der Waals surface area contributed by atoms with Crippen LogP contribution in [-0.4, -0.2) is 53.3 Å². The fraction of sp³-hybridized carbons (Fsp3) is 0.938. The maximum atomic E-state index is 12.3. The van der Waals surface area contributed by atoms with E-state index in [1.807, 2.05) is 37.4 Å². The number of likely N-dealkylation sites (tertiary alicyclic amines) is 1. The number of piperidine rings is 1. The second-order valence-corrected chi connectivity index (χ2v) is 8.30. The number of rotatable bonds is 3. The molecule has 0 aromatic heterocycles. The molecule has 0 aromatic carbocycles. The van der Waals surface area contributed by atoms with Gasteiger partial charge in [-0.3, -0.25) is 0 Å². The smallest absolute Gasteiger partial charge is 0.410 e. The molecule has 1 N–H and O–H groups in total. The average Bonchev–Trinajstić information content (AvgIpc) is 2.45. The van der Waals surface area contributed by atoms with Crippen LogP contribution in [0.15, 0.2) is 0 Å². The van der Waals surface area contributed by atoms with Gasteiger partial charge in [0.1, 0.15) is 5.60 Å². The van der Waals surface area contributed by atoms with E-state index in [1.165, 1.54) is 30.8 Å². The van der Waals surface area contributed by atoms with Crippen molar-refractivity contribution in [3.63, 3.8) is 0 Å². The standard InChI is InChI=1S/C16H30N2O2S/c1-16(2,3)20-15(19)18-9-5-4-8-14(18)11-17-13-7-6-10-21-12-13/h13-14,17H,4-12H2,1-3H3. The molecule has 2 rings (SSSR count). The van der Waals surface area contributed by atoms with Crippen molar-refractivity contribution in [1.82, 2.24) is 10.2 Å². The van der Waals surface area contributed by atoms with Crippen molar-refractivity contribution in [3.8, 4) is 0 Å². The van der Waals surface area contributed by atoms with E-state index in [0.717, 1.165) is 25.9 Å². The lowest BCUT2D eigenvalue weighted by Gasteiger charge is -2.37. The van der Waals surface area contributed by atoms with Crippen molar-refractivity contribution in [2.75, 3.05) is 24.6 Å². The van der Waals surface area contributed by atoms with Gasteiger partial charge in [0.05, 0.1) is 0 Å². The molecule has 0 radical (unpaired) electrons. The van der Waals surface area contributed by atoms with E-state index in [1.54, 1.807) is 0 Å². The summed E-state index contributed by atoms with van der Waals surface area (Å²) in [6.45, 7) is 7.54. The number of amides is 1. The molecule has 0 spiro atoms. The second kappa shape index (κ2) is 7.73. The Morgan fingerprint density at radius 1 is 1.29 bits per heavy atom. The highest BCUT2D eigenvalue weighted by Gasteiger charge is 2.30. The first-order chi connectivity index (χ1) is 9.96. The van der Waals surface area contributed by atoms with Crippen LogP contribution < -0.4 is 5.32 Å². The van der Waals surface area contributed by atoms with Gasteiger partial charge in [0.15, 0.2) is 0 Å². The Balaban J connectivity index is 1.84. The Labute approximate surface area is 133 Å². The minimum Gasteiger partial charge on any atom is -0.444 e. The van der Waals surface area contributed by atoms with Gasteiger partial charge in [-0.05, 0) is 58.6 Å². The van der Waals surface area contributed by atoms with Crippen LogP contribution in [-0.2, 0) is 4.74 Å². The highest BCUT2D eigenvalue weighted by molar-refractivity contribution is 7.99. The van der Waals surface area contributed by atoms with Crippen LogP contribution in [0.1, 0.15) is 52.9 Å². The zero-order chi connectivity index (χ0) is 15.3. The van der Waals surface area contributed by atoms with Crippen molar-refractivity contribution >= 4 is 17.9 Å². The monoisotopic (exact) mass is 314 g/mol. The number of ether oxygens (including phenoxy) is 1.